The molecule has 1 amide bonds. The van der Waals surface area contributed by atoms with Crippen LogP contribution < -0.4 is 5.32 Å². The molecule has 3 nitrogen and oxygen atoms in total. The third kappa shape index (κ3) is 6.15. The number of nitrogens with zero attached hydrogens (tertiary/aromatic N) is 1. The van der Waals surface area contributed by atoms with Crippen molar-refractivity contribution in [3.05, 3.63) is 41.7 Å². The zero-order chi connectivity index (χ0) is 14.1. The third-order valence-corrected chi connectivity index (χ3v) is 2.90. The number of halogens is 1. The number of rotatable bonds is 7. The summed E-state index contributed by atoms with van der Waals surface area (Å²) >= 11 is 0. The zero-order valence-corrected chi connectivity index (χ0v) is 11.5. The fourth-order valence-corrected chi connectivity index (χ4v) is 1.72. The number of carbonyl (C=O) groups excluding carboxylic acids is 1. The molecule has 0 bridgehead atoms. The highest BCUT2D eigenvalue weighted by Crippen LogP contribution is 2.04. The van der Waals surface area contributed by atoms with E-state index in [4.69, 9.17) is 0 Å². The maximum absolute atomic E-state index is 12.9. The molecule has 0 radical (unpaired) electrons. The van der Waals surface area contributed by atoms with Crippen molar-refractivity contribution in [3.63, 3.8) is 0 Å². The van der Waals surface area contributed by atoms with E-state index in [-0.39, 0.29) is 11.7 Å². The molecular formula is C15H21FN2O. The van der Waals surface area contributed by atoms with Gasteiger partial charge < -0.3 is 10.2 Å². The molecular weight excluding hydrogens is 243 g/mol. The molecule has 1 aromatic carbocycles. The van der Waals surface area contributed by atoms with Gasteiger partial charge in [0.05, 0.1) is 0 Å². The molecule has 1 aromatic rings. The molecule has 0 fully saturated rings. The van der Waals surface area contributed by atoms with Crippen molar-refractivity contribution in [2.45, 2.75) is 13.8 Å². The maximum Gasteiger partial charge on any atom is 0.244 e. The van der Waals surface area contributed by atoms with Gasteiger partial charge in [-0.15, -0.1) is 0 Å². The summed E-state index contributed by atoms with van der Waals surface area (Å²) in [5, 5.41) is 2.81. The number of amides is 1. The van der Waals surface area contributed by atoms with Crippen molar-refractivity contribution in [2.24, 2.45) is 0 Å². The Morgan fingerprint density at radius 2 is 2.11 bits per heavy atom. The van der Waals surface area contributed by atoms with Gasteiger partial charge in [-0.2, -0.15) is 0 Å². The minimum atomic E-state index is -0.302. The molecule has 0 atom stereocenters. The third-order valence-electron chi connectivity index (χ3n) is 2.90. The van der Waals surface area contributed by atoms with Gasteiger partial charge in [-0.3, -0.25) is 4.79 Å². The van der Waals surface area contributed by atoms with Gasteiger partial charge in [-0.1, -0.05) is 26.0 Å². The minimum absolute atomic E-state index is 0.156. The number of hydrogen-bond donors (Lipinski definition) is 1. The van der Waals surface area contributed by atoms with E-state index in [1.165, 1.54) is 18.2 Å². The first-order valence-corrected chi connectivity index (χ1v) is 6.59. The van der Waals surface area contributed by atoms with E-state index in [2.05, 4.69) is 24.1 Å². The predicted molar refractivity (Wildman–Crippen MR) is 76.2 cm³/mol. The highest BCUT2D eigenvalue weighted by atomic mass is 19.1. The lowest BCUT2D eigenvalue weighted by Gasteiger charge is -2.17. The normalized spacial score (nSPS) is 11.2. The Bertz CT molecular complexity index is 428. The van der Waals surface area contributed by atoms with Crippen LogP contribution >= 0.6 is 0 Å². The van der Waals surface area contributed by atoms with E-state index >= 15 is 0 Å². The molecule has 104 valence electrons. The Morgan fingerprint density at radius 3 is 2.74 bits per heavy atom. The van der Waals surface area contributed by atoms with E-state index in [9.17, 15) is 9.18 Å². The maximum atomic E-state index is 12.9. The van der Waals surface area contributed by atoms with Gasteiger partial charge in [-0.05, 0) is 36.9 Å². The highest BCUT2D eigenvalue weighted by molar-refractivity contribution is 5.91. The van der Waals surface area contributed by atoms with Gasteiger partial charge >= 0.3 is 0 Å². The van der Waals surface area contributed by atoms with Crippen molar-refractivity contribution in [2.75, 3.05) is 26.2 Å². The first kappa shape index (κ1) is 15.4. The Hall–Kier alpha value is -1.68. The quantitative estimate of drug-likeness (QED) is 0.766. The molecule has 0 unspecified atom stereocenters. The summed E-state index contributed by atoms with van der Waals surface area (Å²) in [6.45, 7) is 7.60. The second kappa shape index (κ2) is 8.43. The van der Waals surface area contributed by atoms with Crippen LogP contribution in [0.15, 0.2) is 30.3 Å². The molecule has 0 aliphatic heterocycles. The van der Waals surface area contributed by atoms with Crippen LogP contribution in [0.2, 0.25) is 0 Å². The Labute approximate surface area is 114 Å². The lowest BCUT2D eigenvalue weighted by Crippen LogP contribution is -2.34. The van der Waals surface area contributed by atoms with Crippen LogP contribution in [-0.4, -0.2) is 37.0 Å². The summed E-state index contributed by atoms with van der Waals surface area (Å²) in [6, 6.07) is 6.14. The van der Waals surface area contributed by atoms with Crippen LogP contribution in [0.5, 0.6) is 0 Å². The topological polar surface area (TPSA) is 32.3 Å². The Kier molecular flexibility index (Phi) is 6.82. The first-order valence-electron chi connectivity index (χ1n) is 6.59. The van der Waals surface area contributed by atoms with E-state index < -0.39 is 0 Å². The van der Waals surface area contributed by atoms with Crippen LogP contribution in [-0.2, 0) is 4.79 Å². The van der Waals surface area contributed by atoms with E-state index in [1.807, 2.05) is 0 Å². The summed E-state index contributed by atoms with van der Waals surface area (Å²) in [5.41, 5.74) is 0.680. The SMILES string of the molecule is CCN(CC)CCNC(=O)/C=C/c1cccc(F)c1. The Balaban J connectivity index is 2.35. The van der Waals surface area contributed by atoms with Gasteiger partial charge in [0.1, 0.15) is 5.82 Å². The molecule has 1 rings (SSSR count). The molecule has 0 saturated heterocycles. The lowest BCUT2D eigenvalue weighted by molar-refractivity contribution is -0.116. The van der Waals surface area contributed by atoms with Crippen LogP contribution in [0.3, 0.4) is 0 Å². The number of nitrogens with one attached hydrogen (secondary N) is 1. The van der Waals surface area contributed by atoms with Gasteiger partial charge in [0, 0.05) is 19.2 Å². The number of benzene rings is 1. The smallest absolute Gasteiger partial charge is 0.244 e. The predicted octanol–water partition coefficient (Wildman–Crippen LogP) is 2.30. The lowest BCUT2D eigenvalue weighted by atomic mass is 10.2. The molecule has 0 aromatic heterocycles. The number of likely N-dealkylation sites (N-methyl/N-ethyl adjacent to an activating group) is 1. The summed E-state index contributed by atoms with van der Waals surface area (Å²) in [5.74, 6) is -0.458. The van der Waals surface area contributed by atoms with E-state index in [0.717, 1.165) is 19.6 Å². The van der Waals surface area contributed by atoms with Gasteiger partial charge in [0.2, 0.25) is 5.91 Å². The van der Waals surface area contributed by atoms with Crippen LogP contribution in [0.1, 0.15) is 19.4 Å². The summed E-state index contributed by atoms with van der Waals surface area (Å²) < 4.78 is 12.9. The van der Waals surface area contributed by atoms with Crippen LogP contribution in [0.4, 0.5) is 4.39 Å². The van der Waals surface area contributed by atoms with Crippen molar-refractivity contribution in [1.82, 2.24) is 10.2 Å². The second-order valence-electron chi connectivity index (χ2n) is 4.21. The van der Waals surface area contributed by atoms with Gasteiger partial charge in [0.15, 0.2) is 0 Å². The Morgan fingerprint density at radius 1 is 1.37 bits per heavy atom. The summed E-state index contributed by atoms with van der Waals surface area (Å²) in [4.78, 5) is 13.8. The zero-order valence-electron chi connectivity index (χ0n) is 11.5. The molecule has 4 heteroatoms. The molecule has 19 heavy (non-hydrogen) atoms. The van der Waals surface area contributed by atoms with E-state index in [1.54, 1.807) is 18.2 Å². The van der Waals surface area contributed by atoms with Crippen molar-refractivity contribution in [3.8, 4) is 0 Å². The molecule has 0 spiro atoms. The van der Waals surface area contributed by atoms with Crippen LogP contribution in [0, 0.1) is 5.82 Å². The molecule has 0 saturated carbocycles. The summed E-state index contributed by atoms with van der Waals surface area (Å²) in [7, 11) is 0. The molecule has 0 aliphatic carbocycles. The monoisotopic (exact) mass is 264 g/mol. The fourth-order valence-electron chi connectivity index (χ4n) is 1.72. The first-order chi connectivity index (χ1) is 9.15. The molecule has 0 aliphatic rings. The highest BCUT2D eigenvalue weighted by Gasteiger charge is 1.99. The summed E-state index contributed by atoms with van der Waals surface area (Å²) in [6.07, 6.45) is 3.03. The van der Waals surface area contributed by atoms with Crippen molar-refractivity contribution < 1.29 is 9.18 Å². The van der Waals surface area contributed by atoms with Crippen molar-refractivity contribution >= 4 is 12.0 Å². The second-order valence-corrected chi connectivity index (χ2v) is 4.21. The fraction of sp³-hybridized carbons (Fsp3) is 0.400. The largest absolute Gasteiger partial charge is 0.351 e. The van der Waals surface area contributed by atoms with Gasteiger partial charge in [0.25, 0.3) is 0 Å². The minimum Gasteiger partial charge on any atom is -0.351 e. The standard InChI is InChI=1S/C15H21FN2O/c1-3-18(4-2)11-10-17-15(19)9-8-13-6-5-7-14(16)12-13/h5-9,12H,3-4,10-11H2,1-2H3,(H,17,19)/b9-8+. The molecule has 1 N–H and O–H groups in total. The number of hydrogen-bond acceptors (Lipinski definition) is 2. The van der Waals surface area contributed by atoms with Crippen LogP contribution in [0.25, 0.3) is 6.08 Å². The number of carbonyl (C=O) groups is 1. The average molecular weight is 264 g/mol. The van der Waals surface area contributed by atoms with Gasteiger partial charge in [-0.25, -0.2) is 4.39 Å². The van der Waals surface area contributed by atoms with Crippen molar-refractivity contribution in [1.29, 1.82) is 0 Å². The average Bonchev–Trinajstić information content (AvgIpc) is 2.41. The van der Waals surface area contributed by atoms with E-state index in [0.29, 0.717) is 12.1 Å². The molecule has 0 heterocycles.